The lowest BCUT2D eigenvalue weighted by Crippen LogP contribution is -2.50. The number of hydrogen-bond acceptors (Lipinski definition) is 3. The topological polar surface area (TPSA) is 57.7 Å². The van der Waals surface area contributed by atoms with Crippen molar-refractivity contribution in [1.82, 2.24) is 9.21 Å². The van der Waals surface area contributed by atoms with Crippen LogP contribution in [0.5, 0.6) is 0 Å². The van der Waals surface area contributed by atoms with Gasteiger partial charge in [-0.2, -0.15) is 4.31 Å². The second-order valence-electron chi connectivity index (χ2n) is 6.32. The second kappa shape index (κ2) is 6.98. The fraction of sp³-hybridized carbons (Fsp3) is 0.316. The summed E-state index contributed by atoms with van der Waals surface area (Å²) in [5, 5.41) is 0. The lowest BCUT2D eigenvalue weighted by atomic mass is 10.1. The molecule has 2 aromatic rings. The van der Waals surface area contributed by atoms with Crippen LogP contribution in [0.2, 0.25) is 0 Å². The third kappa shape index (κ3) is 3.60. The Hall–Kier alpha value is -2.18. The molecule has 0 bridgehead atoms. The maximum Gasteiger partial charge on any atom is 0.254 e. The summed E-state index contributed by atoms with van der Waals surface area (Å²) in [7, 11) is -3.51. The van der Waals surface area contributed by atoms with Crippen LogP contribution >= 0.6 is 0 Å². The summed E-state index contributed by atoms with van der Waals surface area (Å²) in [5.74, 6) is -0.0366. The smallest absolute Gasteiger partial charge is 0.254 e. The van der Waals surface area contributed by atoms with Crippen LogP contribution < -0.4 is 0 Å². The third-order valence-electron chi connectivity index (χ3n) is 4.56. The molecule has 1 aliphatic rings. The molecular weight excluding hydrogens is 336 g/mol. The van der Waals surface area contributed by atoms with E-state index in [1.165, 1.54) is 4.31 Å². The maximum atomic E-state index is 12.7. The normalized spacial score (nSPS) is 16.0. The summed E-state index contributed by atoms with van der Waals surface area (Å²) in [4.78, 5) is 14.7. The third-order valence-corrected chi connectivity index (χ3v) is 6.47. The first-order valence-corrected chi connectivity index (χ1v) is 9.75. The van der Waals surface area contributed by atoms with Crippen LogP contribution in [0.1, 0.15) is 21.5 Å². The van der Waals surface area contributed by atoms with Crippen LogP contribution in [-0.2, 0) is 10.0 Å². The number of amides is 1. The Balaban J connectivity index is 1.70. The minimum absolute atomic E-state index is 0.0366. The van der Waals surface area contributed by atoms with E-state index in [4.69, 9.17) is 0 Å². The van der Waals surface area contributed by atoms with Crippen molar-refractivity contribution in [2.75, 3.05) is 26.2 Å². The molecule has 3 rings (SSSR count). The van der Waals surface area contributed by atoms with E-state index in [0.717, 1.165) is 11.1 Å². The van der Waals surface area contributed by atoms with Gasteiger partial charge in [0.1, 0.15) is 0 Å². The number of hydrogen-bond donors (Lipinski definition) is 0. The first kappa shape index (κ1) is 17.6. The van der Waals surface area contributed by atoms with Gasteiger partial charge in [0.25, 0.3) is 5.91 Å². The van der Waals surface area contributed by atoms with Gasteiger partial charge in [-0.05, 0) is 37.6 Å². The van der Waals surface area contributed by atoms with E-state index < -0.39 is 10.0 Å². The molecule has 1 heterocycles. The maximum absolute atomic E-state index is 12.7. The molecule has 0 radical (unpaired) electrons. The van der Waals surface area contributed by atoms with E-state index in [1.54, 1.807) is 29.2 Å². The molecule has 1 amide bonds. The Kier molecular flexibility index (Phi) is 4.92. The van der Waals surface area contributed by atoms with E-state index in [1.807, 2.05) is 38.1 Å². The first-order valence-electron chi connectivity index (χ1n) is 8.31. The number of nitrogens with zero attached hydrogens (tertiary/aromatic N) is 2. The highest BCUT2D eigenvalue weighted by Gasteiger charge is 2.30. The molecule has 132 valence electrons. The zero-order valence-corrected chi connectivity index (χ0v) is 15.3. The molecular formula is C19H22N2O3S. The number of carbonyl (C=O) groups excluding carboxylic acids is 1. The molecule has 1 aliphatic heterocycles. The van der Waals surface area contributed by atoms with Gasteiger partial charge in [0.05, 0.1) is 4.90 Å². The second-order valence-corrected chi connectivity index (χ2v) is 8.26. The molecule has 0 N–H and O–H groups in total. The van der Waals surface area contributed by atoms with Gasteiger partial charge in [0, 0.05) is 31.7 Å². The van der Waals surface area contributed by atoms with Crippen molar-refractivity contribution < 1.29 is 13.2 Å². The van der Waals surface area contributed by atoms with E-state index >= 15 is 0 Å². The van der Waals surface area contributed by atoms with E-state index in [2.05, 4.69) is 0 Å². The van der Waals surface area contributed by atoms with Crippen LogP contribution in [0.3, 0.4) is 0 Å². The molecule has 5 nitrogen and oxygen atoms in total. The molecule has 0 aliphatic carbocycles. The van der Waals surface area contributed by atoms with Crippen molar-refractivity contribution in [2.24, 2.45) is 0 Å². The molecule has 6 heteroatoms. The minimum atomic E-state index is -3.51. The Morgan fingerprint density at radius 1 is 0.880 bits per heavy atom. The van der Waals surface area contributed by atoms with Crippen molar-refractivity contribution in [3.8, 4) is 0 Å². The largest absolute Gasteiger partial charge is 0.336 e. The van der Waals surface area contributed by atoms with Crippen LogP contribution in [0.25, 0.3) is 0 Å². The highest BCUT2D eigenvalue weighted by Crippen LogP contribution is 2.19. The van der Waals surface area contributed by atoms with Crippen molar-refractivity contribution in [1.29, 1.82) is 0 Å². The molecule has 2 aromatic carbocycles. The van der Waals surface area contributed by atoms with Gasteiger partial charge in [-0.1, -0.05) is 35.9 Å². The van der Waals surface area contributed by atoms with Gasteiger partial charge in [-0.15, -0.1) is 0 Å². The molecule has 1 fully saturated rings. The van der Waals surface area contributed by atoms with Crippen molar-refractivity contribution in [3.63, 3.8) is 0 Å². The lowest BCUT2D eigenvalue weighted by molar-refractivity contribution is 0.0697. The average molecular weight is 358 g/mol. The van der Waals surface area contributed by atoms with Gasteiger partial charge in [0.15, 0.2) is 0 Å². The van der Waals surface area contributed by atoms with E-state index in [0.29, 0.717) is 36.6 Å². The number of aryl methyl sites for hydroxylation is 2. The van der Waals surface area contributed by atoms with Gasteiger partial charge in [0.2, 0.25) is 10.0 Å². The molecule has 25 heavy (non-hydrogen) atoms. The standard InChI is InChI=1S/C19H22N2O3S/c1-15-7-9-17(10-8-15)25(23,24)21-13-11-20(12-14-21)19(22)18-6-4-3-5-16(18)2/h3-10H,11-14H2,1-2H3. The molecule has 0 unspecified atom stereocenters. The number of piperazine rings is 1. The number of benzene rings is 2. The summed E-state index contributed by atoms with van der Waals surface area (Å²) < 4.78 is 26.9. The van der Waals surface area contributed by atoms with Crippen LogP contribution in [-0.4, -0.2) is 49.7 Å². The summed E-state index contributed by atoms with van der Waals surface area (Å²) >= 11 is 0. The molecule has 0 aromatic heterocycles. The fourth-order valence-corrected chi connectivity index (χ4v) is 4.40. The Labute approximate surface area is 148 Å². The lowest BCUT2D eigenvalue weighted by Gasteiger charge is -2.34. The number of carbonyl (C=O) groups is 1. The minimum Gasteiger partial charge on any atom is -0.336 e. The summed E-state index contributed by atoms with van der Waals surface area (Å²) in [5.41, 5.74) is 2.63. The zero-order valence-electron chi connectivity index (χ0n) is 14.5. The fourth-order valence-electron chi connectivity index (χ4n) is 2.97. The highest BCUT2D eigenvalue weighted by atomic mass is 32.2. The number of rotatable bonds is 3. The van der Waals surface area contributed by atoms with Crippen LogP contribution in [0.4, 0.5) is 0 Å². The quantitative estimate of drug-likeness (QED) is 0.847. The SMILES string of the molecule is Cc1ccc(S(=O)(=O)N2CCN(C(=O)c3ccccc3C)CC2)cc1. The molecule has 0 spiro atoms. The highest BCUT2D eigenvalue weighted by molar-refractivity contribution is 7.89. The predicted molar refractivity (Wildman–Crippen MR) is 97.0 cm³/mol. The van der Waals surface area contributed by atoms with Crippen LogP contribution in [0.15, 0.2) is 53.4 Å². The van der Waals surface area contributed by atoms with E-state index in [-0.39, 0.29) is 5.91 Å². The summed E-state index contributed by atoms with van der Waals surface area (Å²) in [6.07, 6.45) is 0. The Morgan fingerprint density at radius 2 is 1.48 bits per heavy atom. The van der Waals surface area contributed by atoms with Gasteiger partial charge in [-0.3, -0.25) is 4.79 Å². The molecule has 1 saturated heterocycles. The molecule has 0 atom stereocenters. The average Bonchev–Trinajstić information content (AvgIpc) is 2.62. The summed E-state index contributed by atoms with van der Waals surface area (Å²) in [6.45, 7) is 5.26. The zero-order chi connectivity index (χ0) is 18.0. The van der Waals surface area contributed by atoms with E-state index in [9.17, 15) is 13.2 Å². The van der Waals surface area contributed by atoms with Gasteiger partial charge in [-0.25, -0.2) is 8.42 Å². The van der Waals surface area contributed by atoms with Crippen molar-refractivity contribution in [2.45, 2.75) is 18.7 Å². The number of sulfonamides is 1. The predicted octanol–water partition coefficient (Wildman–Crippen LogP) is 2.45. The summed E-state index contributed by atoms with van der Waals surface area (Å²) in [6, 6.07) is 14.3. The van der Waals surface area contributed by atoms with Crippen LogP contribution in [0, 0.1) is 13.8 Å². The van der Waals surface area contributed by atoms with Gasteiger partial charge >= 0.3 is 0 Å². The van der Waals surface area contributed by atoms with Crippen molar-refractivity contribution in [3.05, 3.63) is 65.2 Å². The Morgan fingerprint density at radius 3 is 2.08 bits per heavy atom. The molecule has 0 saturated carbocycles. The monoisotopic (exact) mass is 358 g/mol. The van der Waals surface area contributed by atoms with Crippen molar-refractivity contribution >= 4 is 15.9 Å². The Bertz CT molecular complexity index is 868. The first-order chi connectivity index (χ1) is 11.9. The van der Waals surface area contributed by atoms with Gasteiger partial charge < -0.3 is 4.90 Å².